The fraction of sp³-hybridized carbons (Fsp3) is 0.0417. The molecule has 7 nitrogen and oxygen atoms in total. The minimum atomic E-state index is -0.289. The molecule has 0 fully saturated rings. The number of hydrogen-bond donors (Lipinski definition) is 3. The van der Waals surface area contributed by atoms with Crippen LogP contribution in [0.1, 0.15) is 25.6 Å². The number of carbonyl (C=O) groups is 2. The molecule has 0 bridgehead atoms. The van der Waals surface area contributed by atoms with E-state index < -0.39 is 0 Å². The van der Waals surface area contributed by atoms with Gasteiger partial charge in [0.05, 0.1) is 17.8 Å². The summed E-state index contributed by atoms with van der Waals surface area (Å²) in [7, 11) is 0. The lowest BCUT2D eigenvalue weighted by Gasteiger charge is -2.10. The van der Waals surface area contributed by atoms with Crippen LogP contribution in [-0.2, 0) is 6.54 Å². The molecule has 32 heavy (non-hydrogen) atoms. The zero-order valence-electron chi connectivity index (χ0n) is 16.7. The van der Waals surface area contributed by atoms with E-state index in [9.17, 15) is 14.7 Å². The Kier molecular flexibility index (Phi) is 5.04. The Bertz CT molecular complexity index is 1330. The summed E-state index contributed by atoms with van der Waals surface area (Å²) in [4.78, 5) is 30.5. The van der Waals surface area contributed by atoms with Gasteiger partial charge in [-0.05, 0) is 54.6 Å². The first kappa shape index (κ1) is 19.8. The number of rotatable bonds is 4. The number of hydrogen-bond acceptors (Lipinski definition) is 6. The van der Waals surface area contributed by atoms with Crippen molar-refractivity contribution in [1.29, 1.82) is 0 Å². The second-order valence-electron chi connectivity index (χ2n) is 7.12. The Labute approximate surface area is 187 Å². The molecule has 2 amide bonds. The number of anilines is 1. The molecule has 158 valence electrons. The fourth-order valence-corrected chi connectivity index (χ4v) is 4.16. The second-order valence-corrected chi connectivity index (χ2v) is 8.24. The van der Waals surface area contributed by atoms with Gasteiger partial charge in [-0.2, -0.15) is 0 Å². The van der Waals surface area contributed by atoms with Crippen LogP contribution in [0.5, 0.6) is 17.2 Å². The van der Waals surface area contributed by atoms with E-state index >= 15 is 0 Å². The van der Waals surface area contributed by atoms with Crippen LogP contribution in [0, 0.1) is 0 Å². The van der Waals surface area contributed by atoms with Crippen molar-refractivity contribution in [3.05, 3.63) is 88.9 Å². The van der Waals surface area contributed by atoms with Gasteiger partial charge in [-0.3, -0.25) is 9.59 Å². The molecule has 1 aliphatic rings. The maximum atomic E-state index is 12.7. The van der Waals surface area contributed by atoms with Gasteiger partial charge in [-0.15, -0.1) is 11.3 Å². The van der Waals surface area contributed by atoms with Crippen molar-refractivity contribution in [1.82, 2.24) is 10.3 Å². The molecular formula is C24H17N3O4S. The van der Waals surface area contributed by atoms with E-state index in [2.05, 4.69) is 15.6 Å². The molecule has 0 saturated heterocycles. The highest BCUT2D eigenvalue weighted by Gasteiger charge is 2.21. The Morgan fingerprint density at radius 1 is 1.06 bits per heavy atom. The molecule has 0 atom stereocenters. The first-order valence-corrected chi connectivity index (χ1v) is 10.6. The first-order valence-electron chi connectivity index (χ1n) is 9.81. The Morgan fingerprint density at radius 2 is 1.88 bits per heavy atom. The van der Waals surface area contributed by atoms with Gasteiger partial charge in [0, 0.05) is 22.2 Å². The largest absolute Gasteiger partial charge is 0.508 e. The molecule has 1 aliphatic heterocycles. The molecule has 5 rings (SSSR count). The van der Waals surface area contributed by atoms with Crippen molar-refractivity contribution < 1.29 is 19.4 Å². The number of aromatic nitrogens is 1. The van der Waals surface area contributed by atoms with Crippen molar-refractivity contribution in [2.24, 2.45) is 0 Å². The number of nitrogens with one attached hydrogen (secondary N) is 2. The zero-order chi connectivity index (χ0) is 22.1. The maximum absolute atomic E-state index is 12.7. The smallest absolute Gasteiger partial charge is 0.259 e. The lowest BCUT2D eigenvalue weighted by Crippen LogP contribution is -2.22. The van der Waals surface area contributed by atoms with Crippen LogP contribution in [0.2, 0.25) is 0 Å². The lowest BCUT2D eigenvalue weighted by molar-refractivity contribution is 0.0950. The quantitative estimate of drug-likeness (QED) is 0.421. The van der Waals surface area contributed by atoms with E-state index in [1.807, 2.05) is 0 Å². The minimum absolute atomic E-state index is 0.198. The van der Waals surface area contributed by atoms with E-state index in [4.69, 9.17) is 4.74 Å². The molecule has 0 unspecified atom stereocenters. The number of phenols is 1. The Hall–Kier alpha value is -4.17. The van der Waals surface area contributed by atoms with Crippen molar-refractivity contribution in [3.63, 3.8) is 0 Å². The molecule has 4 aromatic rings. The number of fused-ring (bicyclic) bond motifs is 2. The number of thiazole rings is 1. The summed E-state index contributed by atoms with van der Waals surface area (Å²) in [6.07, 6.45) is 1.72. The van der Waals surface area contributed by atoms with Crippen LogP contribution in [-0.4, -0.2) is 21.9 Å². The summed E-state index contributed by atoms with van der Waals surface area (Å²) in [6, 6.07) is 18.7. The summed E-state index contributed by atoms with van der Waals surface area (Å²) in [5, 5.41) is 15.9. The predicted molar refractivity (Wildman–Crippen MR) is 121 cm³/mol. The molecule has 8 heteroatoms. The predicted octanol–water partition coefficient (Wildman–Crippen LogP) is 4.80. The van der Waals surface area contributed by atoms with E-state index in [1.165, 1.54) is 11.3 Å². The van der Waals surface area contributed by atoms with E-state index in [1.54, 1.807) is 72.9 Å². The molecule has 1 aromatic heterocycles. The highest BCUT2D eigenvalue weighted by Crippen LogP contribution is 2.36. The van der Waals surface area contributed by atoms with Gasteiger partial charge in [0.25, 0.3) is 11.8 Å². The average molecular weight is 443 g/mol. The number of amides is 2. The Balaban J connectivity index is 1.28. The third kappa shape index (κ3) is 3.91. The second kappa shape index (κ2) is 8.16. The number of ether oxygens (including phenoxy) is 1. The van der Waals surface area contributed by atoms with Crippen LogP contribution in [0.4, 0.5) is 5.69 Å². The van der Waals surface area contributed by atoms with Crippen LogP contribution in [0.25, 0.3) is 10.6 Å². The maximum Gasteiger partial charge on any atom is 0.259 e. The Morgan fingerprint density at radius 3 is 2.72 bits per heavy atom. The molecule has 0 radical (unpaired) electrons. The molecule has 2 heterocycles. The number of phenolic OH excluding ortho intramolecular Hbond substituents is 1. The molecule has 3 aromatic carbocycles. The van der Waals surface area contributed by atoms with Gasteiger partial charge in [-0.1, -0.05) is 12.1 Å². The number of nitrogens with zero attached hydrogens (tertiary/aromatic N) is 1. The first-order chi connectivity index (χ1) is 15.6. The topological polar surface area (TPSA) is 101 Å². The molecule has 3 N–H and O–H groups in total. The average Bonchev–Trinajstić information content (AvgIpc) is 3.23. The molecular weight excluding hydrogens is 426 g/mol. The van der Waals surface area contributed by atoms with Crippen molar-refractivity contribution >= 4 is 28.8 Å². The number of carbonyl (C=O) groups excluding carboxylic acids is 2. The third-order valence-corrected chi connectivity index (χ3v) is 5.98. The van der Waals surface area contributed by atoms with Crippen molar-refractivity contribution in [2.75, 3.05) is 5.32 Å². The highest BCUT2D eigenvalue weighted by atomic mass is 32.1. The van der Waals surface area contributed by atoms with Crippen LogP contribution < -0.4 is 15.4 Å². The number of aromatic hydroxyl groups is 1. The summed E-state index contributed by atoms with van der Waals surface area (Å²) in [6.45, 7) is 0.319. The van der Waals surface area contributed by atoms with Gasteiger partial charge in [0.2, 0.25) is 0 Å². The minimum Gasteiger partial charge on any atom is -0.508 e. The van der Waals surface area contributed by atoms with Crippen LogP contribution >= 0.6 is 11.3 Å². The van der Waals surface area contributed by atoms with Crippen LogP contribution in [0.15, 0.2) is 72.9 Å². The van der Waals surface area contributed by atoms with E-state index in [0.29, 0.717) is 34.9 Å². The van der Waals surface area contributed by atoms with Gasteiger partial charge in [-0.25, -0.2) is 4.98 Å². The van der Waals surface area contributed by atoms with E-state index in [-0.39, 0.29) is 17.6 Å². The monoisotopic (exact) mass is 443 g/mol. The zero-order valence-corrected chi connectivity index (χ0v) is 17.5. The fourth-order valence-electron chi connectivity index (χ4n) is 3.31. The summed E-state index contributed by atoms with van der Waals surface area (Å²) in [5.41, 5.74) is 2.17. The van der Waals surface area contributed by atoms with Gasteiger partial charge in [0.15, 0.2) is 5.75 Å². The van der Waals surface area contributed by atoms with E-state index in [0.717, 1.165) is 15.4 Å². The standard InChI is InChI=1S/C24H17N3O4S/c28-16-8-5-14(6-9-16)24-26-13-17(32-24)12-25-22(29)15-7-10-21-19(11-15)27-23(30)18-3-1-2-4-20(18)31-21/h1-11,13,28H,12H2,(H,25,29)(H,27,30). The van der Waals surface area contributed by atoms with Crippen molar-refractivity contribution in [2.45, 2.75) is 6.54 Å². The third-order valence-electron chi connectivity index (χ3n) is 4.93. The van der Waals surface area contributed by atoms with Crippen LogP contribution in [0.3, 0.4) is 0 Å². The van der Waals surface area contributed by atoms with Gasteiger partial charge < -0.3 is 20.5 Å². The normalized spacial score (nSPS) is 12.1. The lowest BCUT2D eigenvalue weighted by atomic mass is 10.1. The summed E-state index contributed by atoms with van der Waals surface area (Å²) < 4.78 is 5.85. The number of benzene rings is 3. The van der Waals surface area contributed by atoms with Crippen molar-refractivity contribution in [3.8, 4) is 27.8 Å². The highest BCUT2D eigenvalue weighted by molar-refractivity contribution is 7.15. The van der Waals surface area contributed by atoms with Gasteiger partial charge >= 0.3 is 0 Å². The molecule has 0 aliphatic carbocycles. The molecule has 0 spiro atoms. The molecule has 0 saturated carbocycles. The summed E-state index contributed by atoms with van der Waals surface area (Å²) in [5.74, 6) is 0.576. The SMILES string of the molecule is O=C(NCc1cnc(-c2ccc(O)cc2)s1)c1ccc2c(c1)NC(=O)c1ccccc1O2. The number of para-hydroxylation sites is 1. The summed E-state index contributed by atoms with van der Waals surface area (Å²) >= 11 is 1.46. The van der Waals surface area contributed by atoms with Gasteiger partial charge in [0.1, 0.15) is 16.5 Å².